The number of carbonyl (C=O) groups is 2. The number of benzene rings is 3. The third-order valence-corrected chi connectivity index (χ3v) is 5.47. The Morgan fingerprint density at radius 2 is 1.73 bits per heavy atom. The fourth-order valence-electron chi connectivity index (χ4n) is 3.84. The Hall–Kier alpha value is -4.39. The first-order chi connectivity index (χ1) is 15.9. The summed E-state index contributed by atoms with van der Waals surface area (Å²) in [6.45, 7) is 3.87. The van der Waals surface area contributed by atoms with Crippen molar-refractivity contribution in [2.45, 2.75) is 13.8 Å². The lowest BCUT2D eigenvalue weighted by Gasteiger charge is -2.11. The van der Waals surface area contributed by atoms with Gasteiger partial charge in [-0.25, -0.2) is 10.2 Å². The minimum absolute atomic E-state index is 0.106. The van der Waals surface area contributed by atoms with E-state index in [0.717, 1.165) is 33.4 Å². The lowest BCUT2D eigenvalue weighted by Crippen LogP contribution is -2.17. The lowest BCUT2D eigenvalue weighted by molar-refractivity contribution is 0.0600. The van der Waals surface area contributed by atoms with Gasteiger partial charge in [-0.1, -0.05) is 30.3 Å². The van der Waals surface area contributed by atoms with Crippen molar-refractivity contribution in [3.63, 3.8) is 0 Å². The maximum Gasteiger partial charge on any atom is 0.337 e. The summed E-state index contributed by atoms with van der Waals surface area (Å²) in [6.07, 6.45) is 1.55. The fraction of sp³-hybridized carbons (Fsp3) is 0.115. The number of nitrogens with one attached hydrogen (secondary N) is 1. The van der Waals surface area contributed by atoms with Crippen LogP contribution in [0.4, 0.5) is 0 Å². The number of phenolic OH excluding ortho intramolecular Hbond substituents is 1. The average molecular weight is 441 g/mol. The van der Waals surface area contributed by atoms with E-state index in [-0.39, 0.29) is 11.3 Å². The van der Waals surface area contributed by atoms with Gasteiger partial charge in [0.05, 0.1) is 24.5 Å². The largest absolute Gasteiger partial charge is 0.507 e. The minimum Gasteiger partial charge on any atom is -0.507 e. The van der Waals surface area contributed by atoms with Crippen LogP contribution in [0.3, 0.4) is 0 Å². The van der Waals surface area contributed by atoms with Gasteiger partial charge in [0, 0.05) is 22.6 Å². The van der Waals surface area contributed by atoms with Gasteiger partial charge in [0.25, 0.3) is 5.91 Å². The number of rotatable bonds is 5. The number of hydrazone groups is 1. The monoisotopic (exact) mass is 441 g/mol. The van der Waals surface area contributed by atoms with Gasteiger partial charge >= 0.3 is 5.97 Å². The van der Waals surface area contributed by atoms with Crippen LogP contribution in [-0.4, -0.2) is 34.9 Å². The quantitative estimate of drug-likeness (QED) is 0.271. The molecule has 0 fully saturated rings. The second-order valence-corrected chi connectivity index (χ2v) is 7.62. The molecule has 0 bridgehead atoms. The fourth-order valence-corrected chi connectivity index (χ4v) is 3.84. The number of phenols is 1. The molecule has 1 aromatic heterocycles. The van der Waals surface area contributed by atoms with E-state index in [1.54, 1.807) is 36.5 Å². The molecule has 4 rings (SSSR count). The van der Waals surface area contributed by atoms with Gasteiger partial charge in [0.1, 0.15) is 5.75 Å². The van der Waals surface area contributed by atoms with Crippen LogP contribution < -0.4 is 5.43 Å². The zero-order valence-corrected chi connectivity index (χ0v) is 18.5. The summed E-state index contributed by atoms with van der Waals surface area (Å²) in [5, 5.41) is 16.0. The van der Waals surface area contributed by atoms with Crippen molar-refractivity contribution < 1.29 is 19.4 Å². The molecule has 0 aliphatic heterocycles. The molecule has 166 valence electrons. The number of nitrogens with zero attached hydrogens (tertiary/aromatic N) is 2. The summed E-state index contributed by atoms with van der Waals surface area (Å²) in [5.41, 5.74) is 6.54. The molecule has 7 heteroatoms. The highest BCUT2D eigenvalue weighted by Gasteiger charge is 2.14. The van der Waals surface area contributed by atoms with E-state index in [4.69, 9.17) is 4.74 Å². The molecule has 2 N–H and O–H groups in total. The zero-order valence-electron chi connectivity index (χ0n) is 18.5. The van der Waals surface area contributed by atoms with E-state index >= 15 is 0 Å². The molecule has 33 heavy (non-hydrogen) atoms. The highest BCUT2D eigenvalue weighted by atomic mass is 16.5. The number of hydrogen-bond acceptors (Lipinski definition) is 5. The number of fused-ring (bicyclic) bond motifs is 1. The number of methoxy groups -OCH3 is 1. The van der Waals surface area contributed by atoms with E-state index in [0.29, 0.717) is 5.56 Å². The second kappa shape index (κ2) is 9.00. The van der Waals surface area contributed by atoms with Gasteiger partial charge in [0.2, 0.25) is 0 Å². The Labute approximate surface area is 190 Å². The van der Waals surface area contributed by atoms with Crippen LogP contribution in [0.15, 0.2) is 71.8 Å². The normalized spacial score (nSPS) is 11.1. The zero-order chi connectivity index (χ0) is 23.5. The first kappa shape index (κ1) is 21.8. The second-order valence-electron chi connectivity index (χ2n) is 7.62. The number of carbonyl (C=O) groups excluding carboxylic acids is 2. The summed E-state index contributed by atoms with van der Waals surface area (Å²) in [6, 6.07) is 19.8. The number of esters is 1. The molecule has 0 spiro atoms. The molecule has 0 radical (unpaired) electrons. The Bertz CT molecular complexity index is 1400. The maximum absolute atomic E-state index is 12.6. The Balaban J connectivity index is 1.56. The van der Waals surface area contributed by atoms with Crippen LogP contribution in [0.2, 0.25) is 0 Å². The summed E-state index contributed by atoms with van der Waals surface area (Å²) in [4.78, 5) is 24.5. The molecule has 1 heterocycles. The molecule has 0 saturated heterocycles. The first-order valence-corrected chi connectivity index (χ1v) is 10.3. The molecular formula is C26H23N3O4. The predicted molar refractivity (Wildman–Crippen MR) is 127 cm³/mol. The van der Waals surface area contributed by atoms with Crippen LogP contribution in [0.25, 0.3) is 16.5 Å². The molecule has 0 atom stereocenters. The molecule has 0 saturated carbocycles. The van der Waals surface area contributed by atoms with Crippen LogP contribution in [0.1, 0.15) is 37.7 Å². The van der Waals surface area contributed by atoms with Gasteiger partial charge in [-0.15, -0.1) is 0 Å². The van der Waals surface area contributed by atoms with Crippen molar-refractivity contribution in [3.8, 4) is 11.4 Å². The van der Waals surface area contributed by atoms with Gasteiger partial charge in [-0.05, 0) is 61.0 Å². The van der Waals surface area contributed by atoms with Gasteiger partial charge in [-0.3, -0.25) is 4.79 Å². The SMILES string of the molecule is COC(=O)c1cccc(-n2c(C)cc(C=NNC(=O)c3cc4ccccc4cc3O)c2C)c1. The molecule has 0 aliphatic rings. The minimum atomic E-state index is -0.505. The van der Waals surface area contributed by atoms with Crippen LogP contribution in [0, 0.1) is 13.8 Å². The standard InChI is InChI=1S/C26H23N3O4/c1-16-11-21(17(2)29(16)22-10-6-9-20(12-22)26(32)33-3)15-27-28-25(31)23-13-18-7-4-5-8-19(18)14-24(23)30/h4-15,30H,1-3H3,(H,28,31). The van der Waals surface area contributed by atoms with Crippen molar-refractivity contribution >= 4 is 28.9 Å². The average Bonchev–Trinajstić information content (AvgIpc) is 3.10. The summed E-state index contributed by atoms with van der Waals surface area (Å²) < 4.78 is 6.80. The molecule has 3 aromatic carbocycles. The maximum atomic E-state index is 12.6. The highest BCUT2D eigenvalue weighted by Crippen LogP contribution is 2.25. The smallest absolute Gasteiger partial charge is 0.337 e. The highest BCUT2D eigenvalue weighted by molar-refractivity contribution is 6.01. The molecule has 1 amide bonds. The van der Waals surface area contributed by atoms with E-state index in [2.05, 4.69) is 10.5 Å². The predicted octanol–water partition coefficient (Wildman–Crippen LogP) is 4.50. The summed E-state index contributed by atoms with van der Waals surface area (Å²) in [7, 11) is 1.35. The Morgan fingerprint density at radius 1 is 1.00 bits per heavy atom. The summed E-state index contributed by atoms with van der Waals surface area (Å²) >= 11 is 0. The number of amides is 1. The van der Waals surface area contributed by atoms with Gasteiger partial charge in [0.15, 0.2) is 0 Å². The van der Waals surface area contributed by atoms with E-state index < -0.39 is 11.9 Å². The van der Waals surface area contributed by atoms with Gasteiger partial charge < -0.3 is 14.4 Å². The van der Waals surface area contributed by atoms with E-state index in [1.807, 2.05) is 54.8 Å². The van der Waals surface area contributed by atoms with Crippen molar-refractivity contribution in [1.29, 1.82) is 0 Å². The molecule has 0 unspecified atom stereocenters. The number of ether oxygens (including phenoxy) is 1. The summed E-state index contributed by atoms with van der Waals surface area (Å²) in [5.74, 6) is -1.01. The third-order valence-electron chi connectivity index (χ3n) is 5.47. The van der Waals surface area contributed by atoms with E-state index in [9.17, 15) is 14.7 Å². The number of aromatic nitrogens is 1. The van der Waals surface area contributed by atoms with Crippen LogP contribution in [-0.2, 0) is 4.74 Å². The molecule has 0 aliphatic carbocycles. The van der Waals surface area contributed by atoms with Crippen molar-refractivity contribution in [2.75, 3.05) is 7.11 Å². The number of aryl methyl sites for hydroxylation is 1. The first-order valence-electron chi connectivity index (χ1n) is 10.3. The number of aromatic hydroxyl groups is 1. The van der Waals surface area contributed by atoms with Gasteiger partial charge in [-0.2, -0.15) is 5.10 Å². The number of hydrogen-bond donors (Lipinski definition) is 2. The third kappa shape index (κ3) is 4.34. The van der Waals surface area contributed by atoms with Crippen LogP contribution >= 0.6 is 0 Å². The van der Waals surface area contributed by atoms with E-state index in [1.165, 1.54) is 7.11 Å². The lowest BCUT2D eigenvalue weighted by atomic mass is 10.1. The van der Waals surface area contributed by atoms with Crippen molar-refractivity contribution in [3.05, 3.63) is 94.8 Å². The molecule has 4 aromatic rings. The van der Waals surface area contributed by atoms with Crippen molar-refractivity contribution in [2.24, 2.45) is 5.10 Å². The van der Waals surface area contributed by atoms with Crippen LogP contribution in [0.5, 0.6) is 5.75 Å². The van der Waals surface area contributed by atoms with Crippen molar-refractivity contribution in [1.82, 2.24) is 9.99 Å². The Morgan fingerprint density at radius 3 is 2.45 bits per heavy atom. The topological polar surface area (TPSA) is 92.9 Å². The Kier molecular flexibility index (Phi) is 5.95. The molecule has 7 nitrogen and oxygen atoms in total. The molecular weight excluding hydrogens is 418 g/mol.